The molecule has 154 valence electrons. The van der Waals surface area contributed by atoms with E-state index >= 15 is 0 Å². The van der Waals surface area contributed by atoms with Gasteiger partial charge in [-0.25, -0.2) is 0 Å². The molecule has 0 radical (unpaired) electrons. The summed E-state index contributed by atoms with van der Waals surface area (Å²) in [5.41, 5.74) is 1.67. The lowest BCUT2D eigenvalue weighted by Crippen LogP contribution is -2.28. The number of nitrogens with zero attached hydrogens (tertiary/aromatic N) is 2. The maximum absolute atomic E-state index is 13.0. The van der Waals surface area contributed by atoms with Gasteiger partial charge in [-0.3, -0.25) is 9.79 Å². The Kier molecular flexibility index (Phi) is 7.13. The number of amides is 1. The minimum absolute atomic E-state index is 0.00484. The maximum Gasteiger partial charge on any atom is 0.573 e. The van der Waals surface area contributed by atoms with Crippen LogP contribution in [0.25, 0.3) is 0 Å². The third kappa shape index (κ3) is 6.17. The summed E-state index contributed by atoms with van der Waals surface area (Å²) in [6, 6.07) is 13.1. The lowest BCUT2D eigenvalue weighted by molar-refractivity contribution is -0.275. The van der Waals surface area contributed by atoms with Gasteiger partial charge in [0.1, 0.15) is 10.1 Å². The van der Waals surface area contributed by atoms with E-state index < -0.39 is 6.36 Å². The van der Waals surface area contributed by atoms with E-state index in [2.05, 4.69) is 9.73 Å². The molecule has 0 atom stereocenters. The highest BCUT2D eigenvalue weighted by Gasteiger charge is 2.32. The normalized spacial score (nSPS) is 13.9. The van der Waals surface area contributed by atoms with E-state index in [0.29, 0.717) is 11.3 Å². The van der Waals surface area contributed by atoms with Crippen LogP contribution in [0, 0.1) is 0 Å². The molecule has 0 bridgehead atoms. The van der Waals surface area contributed by atoms with Crippen molar-refractivity contribution in [2.24, 2.45) is 4.99 Å². The van der Waals surface area contributed by atoms with Crippen molar-refractivity contribution < 1.29 is 22.7 Å². The molecule has 29 heavy (non-hydrogen) atoms. The number of hydrogen-bond acceptors (Lipinski definition) is 5. The van der Waals surface area contributed by atoms with E-state index in [-0.39, 0.29) is 23.8 Å². The topological polar surface area (TPSA) is 41.9 Å². The highest BCUT2D eigenvalue weighted by molar-refractivity contribution is 8.38. The van der Waals surface area contributed by atoms with Gasteiger partial charge in [0.05, 0.1) is 6.54 Å². The average molecular weight is 441 g/mol. The van der Waals surface area contributed by atoms with Crippen molar-refractivity contribution in [1.82, 2.24) is 4.90 Å². The Morgan fingerprint density at radius 2 is 1.86 bits per heavy atom. The van der Waals surface area contributed by atoms with E-state index in [9.17, 15) is 18.0 Å². The summed E-state index contributed by atoms with van der Waals surface area (Å²) < 4.78 is 43.0. The Morgan fingerprint density at radius 1 is 1.17 bits per heavy atom. The van der Waals surface area contributed by atoms with Gasteiger partial charge < -0.3 is 9.64 Å². The number of benzene rings is 2. The van der Waals surface area contributed by atoms with Gasteiger partial charge in [-0.05, 0) is 17.7 Å². The molecule has 2 aromatic carbocycles. The first-order chi connectivity index (χ1) is 13.8. The highest BCUT2D eigenvalue weighted by Crippen LogP contribution is 2.29. The molecule has 1 aliphatic rings. The number of hydrogen-bond donors (Lipinski definition) is 0. The fourth-order valence-electron chi connectivity index (χ4n) is 2.79. The predicted octanol–water partition coefficient (Wildman–Crippen LogP) is 5.19. The molecule has 0 aliphatic carbocycles. The van der Waals surface area contributed by atoms with Crippen LogP contribution in [-0.4, -0.2) is 40.9 Å². The zero-order valence-corrected chi connectivity index (χ0v) is 17.2. The number of thioether (sulfide) groups is 2. The van der Waals surface area contributed by atoms with Gasteiger partial charge >= 0.3 is 6.36 Å². The first kappa shape index (κ1) is 21.6. The number of aliphatic imine (C=N–C) groups is 1. The molecule has 4 nitrogen and oxygen atoms in total. The van der Waals surface area contributed by atoms with E-state index in [1.807, 2.05) is 12.1 Å². The smallest absolute Gasteiger partial charge is 0.405 e. The molecule has 0 saturated heterocycles. The second-order valence-corrected chi connectivity index (χ2v) is 8.56. The molecule has 2 aromatic rings. The monoisotopic (exact) mass is 440 g/mol. The van der Waals surface area contributed by atoms with Crippen molar-refractivity contribution in [3.05, 3.63) is 65.2 Å². The van der Waals surface area contributed by atoms with Crippen molar-refractivity contribution in [2.45, 2.75) is 18.7 Å². The molecule has 0 saturated carbocycles. The Balaban J connectivity index is 1.73. The van der Waals surface area contributed by atoms with Crippen LogP contribution in [0.2, 0.25) is 0 Å². The van der Waals surface area contributed by atoms with E-state index in [1.165, 1.54) is 23.1 Å². The number of carbonyl (C=O) groups is 1. The van der Waals surface area contributed by atoms with Crippen LogP contribution in [0.15, 0.2) is 53.5 Å². The number of alkyl halides is 3. The summed E-state index contributed by atoms with van der Waals surface area (Å²) in [7, 11) is 1.56. The molecular formula is C20H19F3N2O2S2. The first-order valence-corrected chi connectivity index (χ1v) is 10.8. The molecule has 9 heteroatoms. The number of ether oxygens (including phenoxy) is 1. The molecular weight excluding hydrogens is 421 g/mol. The number of para-hydroxylation sites is 1. The van der Waals surface area contributed by atoms with Crippen LogP contribution in [0.4, 0.5) is 13.2 Å². The Bertz CT molecular complexity index is 903. The molecule has 3 rings (SSSR count). The number of halogens is 3. The van der Waals surface area contributed by atoms with Crippen LogP contribution in [-0.2, 0) is 12.3 Å². The fourth-order valence-corrected chi connectivity index (χ4v) is 4.80. The van der Waals surface area contributed by atoms with Crippen molar-refractivity contribution in [2.75, 3.05) is 19.3 Å². The van der Waals surface area contributed by atoms with Gasteiger partial charge in [-0.1, -0.05) is 59.9 Å². The van der Waals surface area contributed by atoms with E-state index in [1.54, 1.807) is 48.8 Å². The summed E-state index contributed by atoms with van der Waals surface area (Å²) >= 11 is 3.29. The summed E-state index contributed by atoms with van der Waals surface area (Å²) in [6.45, 7) is 0.810. The first-order valence-electron chi connectivity index (χ1n) is 8.80. The van der Waals surface area contributed by atoms with Crippen LogP contribution in [0.5, 0.6) is 5.75 Å². The van der Waals surface area contributed by atoms with Crippen LogP contribution < -0.4 is 4.74 Å². The van der Waals surface area contributed by atoms with Crippen LogP contribution in [0.1, 0.15) is 21.5 Å². The second kappa shape index (κ2) is 9.58. The second-order valence-electron chi connectivity index (χ2n) is 6.26. The zero-order chi connectivity index (χ0) is 20.9. The molecule has 0 N–H and O–H groups in total. The van der Waals surface area contributed by atoms with Gasteiger partial charge in [0.2, 0.25) is 0 Å². The van der Waals surface area contributed by atoms with Crippen molar-refractivity contribution >= 4 is 33.8 Å². The summed E-state index contributed by atoms with van der Waals surface area (Å²) in [5.74, 6) is 1.02. The Labute approximate surface area is 175 Å². The van der Waals surface area contributed by atoms with Gasteiger partial charge in [0.25, 0.3) is 5.91 Å². The average Bonchev–Trinajstić information content (AvgIpc) is 3.20. The molecule has 1 aliphatic heterocycles. The van der Waals surface area contributed by atoms with Crippen molar-refractivity contribution in [3.8, 4) is 5.75 Å². The largest absolute Gasteiger partial charge is 0.573 e. The molecule has 0 spiro atoms. The van der Waals surface area contributed by atoms with Crippen molar-refractivity contribution in [3.63, 3.8) is 0 Å². The summed E-state index contributed by atoms with van der Waals surface area (Å²) in [5, 5.41) is 0. The molecule has 0 unspecified atom stereocenters. The van der Waals surface area contributed by atoms with Gasteiger partial charge in [-0.2, -0.15) is 0 Å². The Morgan fingerprint density at radius 3 is 2.55 bits per heavy atom. The van der Waals surface area contributed by atoms with Gasteiger partial charge in [0, 0.05) is 36.2 Å². The predicted molar refractivity (Wildman–Crippen MR) is 111 cm³/mol. The molecule has 1 amide bonds. The number of carbonyl (C=O) groups excluding carboxylic acids is 1. The Hall–Kier alpha value is -2.13. The fraction of sp³-hybridized carbons (Fsp3) is 0.300. The molecule has 0 aromatic heterocycles. The third-order valence-corrected chi connectivity index (χ3v) is 6.41. The van der Waals surface area contributed by atoms with Crippen molar-refractivity contribution in [1.29, 1.82) is 0 Å². The van der Waals surface area contributed by atoms with Gasteiger partial charge in [0.15, 0.2) is 0 Å². The van der Waals surface area contributed by atoms with E-state index in [4.69, 9.17) is 0 Å². The minimum Gasteiger partial charge on any atom is -0.405 e. The van der Waals surface area contributed by atoms with Crippen LogP contribution in [0.3, 0.4) is 0 Å². The van der Waals surface area contributed by atoms with Crippen LogP contribution >= 0.6 is 23.5 Å². The van der Waals surface area contributed by atoms with E-state index in [0.717, 1.165) is 22.2 Å². The number of rotatable bonds is 6. The third-order valence-electron chi connectivity index (χ3n) is 4.11. The maximum atomic E-state index is 13.0. The summed E-state index contributed by atoms with van der Waals surface area (Å²) in [4.78, 5) is 18.8. The molecule has 1 heterocycles. The lowest BCUT2D eigenvalue weighted by Gasteiger charge is -2.21. The SMILES string of the molecule is CN(Cc1ccccc1OC(F)(F)F)C(=O)c1ccccc1CSC1=NCCS1. The minimum atomic E-state index is -4.79. The lowest BCUT2D eigenvalue weighted by atomic mass is 10.1. The standard InChI is InChI=1S/C20H19F3N2O2S2/c1-25(12-14-6-3-5-9-17(14)27-20(21,22)23)18(26)16-8-4-2-7-15(16)13-29-19-24-10-11-28-19/h2-9H,10-13H2,1H3. The van der Waals surface area contributed by atoms with Gasteiger partial charge in [-0.15, -0.1) is 13.2 Å². The summed E-state index contributed by atoms with van der Waals surface area (Å²) in [6.07, 6.45) is -4.79. The quantitative estimate of drug-likeness (QED) is 0.620. The zero-order valence-electron chi connectivity index (χ0n) is 15.6. The molecule has 0 fully saturated rings. The highest BCUT2D eigenvalue weighted by atomic mass is 32.2.